The van der Waals surface area contributed by atoms with Crippen LogP contribution in [0.4, 0.5) is 0 Å². The van der Waals surface area contributed by atoms with Crippen molar-refractivity contribution in [3.05, 3.63) is 12.2 Å². The Bertz CT molecular complexity index is 368. The van der Waals surface area contributed by atoms with Gasteiger partial charge in [0.2, 0.25) is 0 Å². The summed E-state index contributed by atoms with van der Waals surface area (Å²) in [6.07, 6.45) is 22.8. The number of hydrogen-bond donors (Lipinski definition) is 3. The van der Waals surface area contributed by atoms with Crippen LogP contribution in [-0.4, -0.2) is 33.5 Å². The Labute approximate surface area is 173 Å². The number of allylic oxidation sites excluding steroid dienone is 2. The normalized spacial score (nSPS) is 13.8. The molecule has 0 aromatic heterocycles. The molecule has 0 saturated heterocycles. The predicted octanol–water partition coefficient (Wildman–Crippen LogP) is 6.39. The molecule has 0 fully saturated rings. The maximum atomic E-state index is 10.5. The van der Waals surface area contributed by atoms with Crippen LogP contribution in [0.3, 0.4) is 0 Å². The Kier molecular flexibility index (Phi) is 20.2. The minimum absolute atomic E-state index is 0.168. The number of carboxylic acid groups (broad SMARTS) is 1. The number of carboxylic acids is 1. The Morgan fingerprint density at radius 3 is 1.68 bits per heavy atom. The maximum Gasteiger partial charge on any atom is 0.305 e. The molecule has 0 bridgehead atoms. The van der Waals surface area contributed by atoms with E-state index in [0.29, 0.717) is 6.42 Å². The molecule has 0 aliphatic carbocycles. The molecule has 0 aliphatic rings. The lowest BCUT2D eigenvalue weighted by Crippen LogP contribution is -2.20. The molecule has 0 radical (unpaired) electrons. The number of aliphatic hydroxyl groups excluding tert-OH is 2. The first kappa shape index (κ1) is 27.1. The predicted molar refractivity (Wildman–Crippen MR) is 118 cm³/mol. The van der Waals surface area contributed by atoms with E-state index in [1.54, 1.807) is 0 Å². The number of unbranched alkanes of at least 4 members (excludes halogenated alkanes) is 13. The van der Waals surface area contributed by atoms with E-state index < -0.39 is 18.2 Å². The first-order valence-corrected chi connectivity index (χ1v) is 11.8. The van der Waals surface area contributed by atoms with Crippen molar-refractivity contribution in [2.75, 3.05) is 0 Å². The maximum absolute atomic E-state index is 10.5. The third-order valence-corrected chi connectivity index (χ3v) is 5.25. The second-order valence-corrected chi connectivity index (χ2v) is 8.22. The third kappa shape index (κ3) is 21.4. The van der Waals surface area contributed by atoms with Crippen LogP contribution in [0.2, 0.25) is 0 Å². The molecule has 3 N–H and O–H groups in total. The highest BCUT2D eigenvalue weighted by molar-refractivity contribution is 5.67. The third-order valence-electron chi connectivity index (χ3n) is 5.25. The summed E-state index contributed by atoms with van der Waals surface area (Å²) in [5.41, 5.74) is 0. The number of aliphatic hydroxyl groups is 2. The Hall–Kier alpha value is -0.870. The molecule has 4 heteroatoms. The van der Waals surface area contributed by atoms with Crippen molar-refractivity contribution in [3.8, 4) is 0 Å². The zero-order valence-corrected chi connectivity index (χ0v) is 18.3. The Balaban J connectivity index is 3.24. The van der Waals surface area contributed by atoms with Crippen LogP contribution in [0.1, 0.15) is 122 Å². The van der Waals surface area contributed by atoms with Crippen molar-refractivity contribution in [1.29, 1.82) is 0 Å². The van der Waals surface area contributed by atoms with Gasteiger partial charge in [0, 0.05) is 0 Å². The summed E-state index contributed by atoms with van der Waals surface area (Å²) in [6.45, 7) is 2.25. The first-order valence-electron chi connectivity index (χ1n) is 11.8. The van der Waals surface area contributed by atoms with Gasteiger partial charge in [-0.05, 0) is 38.5 Å². The van der Waals surface area contributed by atoms with E-state index in [-0.39, 0.29) is 12.8 Å². The quantitative estimate of drug-likeness (QED) is 0.155. The molecule has 2 atom stereocenters. The molecule has 0 aliphatic heterocycles. The van der Waals surface area contributed by atoms with Crippen molar-refractivity contribution in [2.24, 2.45) is 0 Å². The van der Waals surface area contributed by atoms with Crippen LogP contribution in [0.25, 0.3) is 0 Å². The fraction of sp³-hybridized carbons (Fsp3) is 0.875. The smallest absolute Gasteiger partial charge is 0.305 e. The molecule has 28 heavy (non-hydrogen) atoms. The summed E-state index contributed by atoms with van der Waals surface area (Å²) in [7, 11) is 0. The summed E-state index contributed by atoms with van der Waals surface area (Å²) in [4.78, 5) is 10.5. The van der Waals surface area contributed by atoms with Crippen LogP contribution in [0, 0.1) is 0 Å². The first-order chi connectivity index (χ1) is 13.6. The average molecular weight is 399 g/mol. The van der Waals surface area contributed by atoms with E-state index in [9.17, 15) is 15.0 Å². The standard InChI is InChI=1S/C24H46O4/c1-2-3-4-5-6-7-8-9-10-11-12-13-14-15-16-17-18-19-22(25)20-23(26)21-24(27)28/h6-7,22-23,25-26H,2-5,8-21H2,1H3,(H,27,28)/b7-6-/t22-,23-/m1/s1. The van der Waals surface area contributed by atoms with E-state index >= 15 is 0 Å². The van der Waals surface area contributed by atoms with Crippen LogP contribution in [-0.2, 0) is 4.79 Å². The topological polar surface area (TPSA) is 77.8 Å². The molecule has 0 amide bonds. The molecule has 0 saturated carbocycles. The van der Waals surface area contributed by atoms with Gasteiger partial charge in [-0.25, -0.2) is 0 Å². The molecule has 0 spiro atoms. The monoisotopic (exact) mass is 398 g/mol. The van der Waals surface area contributed by atoms with Crippen molar-refractivity contribution in [1.82, 2.24) is 0 Å². The largest absolute Gasteiger partial charge is 0.481 e. The van der Waals surface area contributed by atoms with Gasteiger partial charge in [0.1, 0.15) is 0 Å². The summed E-state index contributed by atoms with van der Waals surface area (Å²) < 4.78 is 0. The van der Waals surface area contributed by atoms with Crippen LogP contribution in [0.5, 0.6) is 0 Å². The Morgan fingerprint density at radius 2 is 1.18 bits per heavy atom. The van der Waals surface area contributed by atoms with E-state index in [4.69, 9.17) is 5.11 Å². The molecule has 0 aromatic carbocycles. The average Bonchev–Trinajstić information content (AvgIpc) is 2.63. The van der Waals surface area contributed by atoms with Crippen molar-refractivity contribution in [3.63, 3.8) is 0 Å². The summed E-state index contributed by atoms with van der Waals surface area (Å²) in [5, 5.41) is 27.9. The molecule has 0 unspecified atom stereocenters. The highest BCUT2D eigenvalue weighted by Crippen LogP contribution is 2.14. The summed E-state index contributed by atoms with van der Waals surface area (Å²) >= 11 is 0. The zero-order valence-electron chi connectivity index (χ0n) is 18.3. The molecule has 166 valence electrons. The van der Waals surface area contributed by atoms with E-state index in [2.05, 4.69) is 19.1 Å². The van der Waals surface area contributed by atoms with Gasteiger partial charge in [-0.3, -0.25) is 4.79 Å². The van der Waals surface area contributed by atoms with Gasteiger partial charge in [0.25, 0.3) is 0 Å². The molecular formula is C24H46O4. The van der Waals surface area contributed by atoms with Gasteiger partial charge in [-0.1, -0.05) is 89.7 Å². The number of carbonyl (C=O) groups is 1. The number of hydrogen-bond acceptors (Lipinski definition) is 3. The van der Waals surface area contributed by atoms with Gasteiger partial charge in [0.05, 0.1) is 18.6 Å². The van der Waals surface area contributed by atoms with E-state index in [0.717, 1.165) is 12.8 Å². The zero-order chi connectivity index (χ0) is 20.9. The minimum atomic E-state index is -1.02. The van der Waals surface area contributed by atoms with Crippen molar-refractivity contribution in [2.45, 2.75) is 135 Å². The Morgan fingerprint density at radius 1 is 0.714 bits per heavy atom. The van der Waals surface area contributed by atoms with Crippen LogP contribution < -0.4 is 0 Å². The lowest BCUT2D eigenvalue weighted by Gasteiger charge is -2.14. The SMILES string of the molecule is CCCCC/C=C\CCCCCCCCCCCC[C@@H](O)C[C@@H](O)CC(=O)O. The van der Waals surface area contributed by atoms with Gasteiger partial charge < -0.3 is 15.3 Å². The second-order valence-electron chi connectivity index (χ2n) is 8.22. The number of rotatable bonds is 21. The fourth-order valence-corrected chi connectivity index (χ4v) is 3.52. The lowest BCUT2D eigenvalue weighted by atomic mass is 10.0. The molecule has 0 heterocycles. The van der Waals surface area contributed by atoms with Crippen LogP contribution in [0.15, 0.2) is 12.2 Å². The van der Waals surface area contributed by atoms with Crippen LogP contribution >= 0.6 is 0 Å². The van der Waals surface area contributed by atoms with Gasteiger partial charge in [-0.15, -0.1) is 0 Å². The molecular weight excluding hydrogens is 352 g/mol. The van der Waals surface area contributed by atoms with Gasteiger partial charge in [-0.2, -0.15) is 0 Å². The fourth-order valence-electron chi connectivity index (χ4n) is 3.52. The van der Waals surface area contributed by atoms with Crippen molar-refractivity contribution < 1.29 is 20.1 Å². The lowest BCUT2D eigenvalue weighted by molar-refractivity contribution is -0.139. The number of aliphatic carboxylic acids is 1. The van der Waals surface area contributed by atoms with Gasteiger partial charge in [0.15, 0.2) is 0 Å². The highest BCUT2D eigenvalue weighted by atomic mass is 16.4. The second kappa shape index (κ2) is 20.9. The molecule has 0 aromatic rings. The summed E-state index contributed by atoms with van der Waals surface area (Å²) in [6, 6.07) is 0. The minimum Gasteiger partial charge on any atom is -0.481 e. The van der Waals surface area contributed by atoms with Crippen molar-refractivity contribution >= 4 is 5.97 Å². The molecule has 0 rings (SSSR count). The van der Waals surface area contributed by atoms with E-state index in [1.165, 1.54) is 83.5 Å². The highest BCUT2D eigenvalue weighted by Gasteiger charge is 2.14. The van der Waals surface area contributed by atoms with Gasteiger partial charge >= 0.3 is 5.97 Å². The molecule has 4 nitrogen and oxygen atoms in total. The van der Waals surface area contributed by atoms with E-state index in [1.807, 2.05) is 0 Å². The summed E-state index contributed by atoms with van der Waals surface area (Å²) in [5.74, 6) is -1.02.